The summed E-state index contributed by atoms with van der Waals surface area (Å²) in [7, 11) is 0. The number of Topliss-reactive ketones (excluding diaryl/α,β-unsaturated/α-hetero) is 1. The van der Waals surface area contributed by atoms with Crippen molar-refractivity contribution in [1.29, 1.82) is 0 Å². The quantitative estimate of drug-likeness (QED) is 0.479. The molecule has 6 heteroatoms. The molecule has 0 spiro atoms. The molecule has 0 aliphatic heterocycles. The number of nitrogens with one attached hydrogen (secondary N) is 1. The molecule has 3 aromatic rings. The van der Waals surface area contributed by atoms with Gasteiger partial charge in [0.25, 0.3) is 0 Å². The van der Waals surface area contributed by atoms with E-state index in [1.54, 1.807) is 30.3 Å². The summed E-state index contributed by atoms with van der Waals surface area (Å²) in [6.07, 6.45) is 0. The Labute approximate surface area is 154 Å². The van der Waals surface area contributed by atoms with Gasteiger partial charge in [0.1, 0.15) is 0 Å². The van der Waals surface area contributed by atoms with Crippen molar-refractivity contribution in [2.75, 3.05) is 11.9 Å². The largest absolute Gasteiger partial charge is 0.454 e. The molecular weight excluding hydrogens is 358 g/mol. The Hall–Kier alpha value is -2.63. The smallest absolute Gasteiger partial charge is 0.340 e. The molecule has 126 valence electrons. The minimum atomic E-state index is -0.560. The summed E-state index contributed by atoms with van der Waals surface area (Å²) >= 11 is 6.97. The molecule has 0 aliphatic carbocycles. The zero-order chi connectivity index (χ0) is 17.6. The van der Waals surface area contributed by atoms with Crippen LogP contribution in [-0.2, 0) is 4.74 Å². The first-order chi connectivity index (χ1) is 12.1. The highest BCUT2D eigenvalue weighted by Gasteiger charge is 2.16. The van der Waals surface area contributed by atoms with Gasteiger partial charge in [-0.2, -0.15) is 0 Å². The van der Waals surface area contributed by atoms with E-state index in [2.05, 4.69) is 5.32 Å². The van der Waals surface area contributed by atoms with Crippen LogP contribution in [0.4, 0.5) is 11.4 Å². The maximum atomic E-state index is 12.4. The van der Waals surface area contributed by atoms with Crippen molar-refractivity contribution in [2.45, 2.75) is 0 Å². The number of hydrogen-bond donors (Lipinski definition) is 1. The number of halogens is 1. The van der Waals surface area contributed by atoms with Crippen LogP contribution in [0.2, 0.25) is 4.34 Å². The van der Waals surface area contributed by atoms with E-state index in [-0.39, 0.29) is 12.4 Å². The Balaban J connectivity index is 1.69. The number of para-hydroxylation sites is 2. The van der Waals surface area contributed by atoms with Gasteiger partial charge in [0.2, 0.25) is 5.78 Å². The van der Waals surface area contributed by atoms with Crippen LogP contribution in [0, 0.1) is 0 Å². The first kappa shape index (κ1) is 17.2. The number of ether oxygens (including phenoxy) is 1. The van der Waals surface area contributed by atoms with Crippen LogP contribution in [0.3, 0.4) is 0 Å². The topological polar surface area (TPSA) is 55.4 Å². The number of thiophene rings is 1. The molecule has 0 atom stereocenters. The maximum Gasteiger partial charge on any atom is 0.340 e. The van der Waals surface area contributed by atoms with Crippen molar-refractivity contribution in [3.63, 3.8) is 0 Å². The highest BCUT2D eigenvalue weighted by Crippen LogP contribution is 2.23. The van der Waals surface area contributed by atoms with E-state index in [4.69, 9.17) is 16.3 Å². The van der Waals surface area contributed by atoms with E-state index in [9.17, 15) is 9.59 Å². The van der Waals surface area contributed by atoms with Gasteiger partial charge in [0.15, 0.2) is 6.61 Å². The van der Waals surface area contributed by atoms with Crippen molar-refractivity contribution in [2.24, 2.45) is 0 Å². The van der Waals surface area contributed by atoms with Crippen LogP contribution in [0.25, 0.3) is 0 Å². The molecule has 1 aromatic heterocycles. The van der Waals surface area contributed by atoms with Crippen LogP contribution in [0.5, 0.6) is 0 Å². The molecule has 3 rings (SSSR count). The summed E-state index contributed by atoms with van der Waals surface area (Å²) in [6.45, 7) is -0.324. The number of hydrogen-bond acceptors (Lipinski definition) is 5. The van der Waals surface area contributed by atoms with Gasteiger partial charge < -0.3 is 10.1 Å². The first-order valence-corrected chi connectivity index (χ1v) is 8.70. The summed E-state index contributed by atoms with van der Waals surface area (Å²) in [4.78, 5) is 24.9. The third kappa shape index (κ3) is 4.47. The molecule has 1 N–H and O–H groups in total. The first-order valence-electron chi connectivity index (χ1n) is 7.50. The minimum absolute atomic E-state index is 0.279. The lowest BCUT2D eigenvalue weighted by Gasteiger charge is -2.11. The lowest BCUT2D eigenvalue weighted by molar-refractivity contribution is 0.0477. The molecule has 0 aliphatic rings. The van der Waals surface area contributed by atoms with Crippen molar-refractivity contribution >= 4 is 46.1 Å². The highest BCUT2D eigenvalue weighted by molar-refractivity contribution is 7.18. The molecule has 0 saturated heterocycles. The number of anilines is 2. The molecule has 25 heavy (non-hydrogen) atoms. The third-order valence-electron chi connectivity index (χ3n) is 3.38. The number of rotatable bonds is 6. The van der Waals surface area contributed by atoms with Crippen LogP contribution >= 0.6 is 22.9 Å². The van der Waals surface area contributed by atoms with Crippen LogP contribution < -0.4 is 5.32 Å². The van der Waals surface area contributed by atoms with Gasteiger partial charge in [-0.3, -0.25) is 4.79 Å². The Morgan fingerprint density at radius 2 is 1.68 bits per heavy atom. The van der Waals surface area contributed by atoms with E-state index in [1.165, 1.54) is 0 Å². The highest BCUT2D eigenvalue weighted by atomic mass is 35.5. The van der Waals surface area contributed by atoms with E-state index < -0.39 is 5.97 Å². The SMILES string of the molecule is O=C(COC(=O)c1ccccc1Nc1ccccc1)c1ccc(Cl)s1. The predicted octanol–water partition coefficient (Wildman–Crippen LogP) is 5.18. The third-order valence-corrected chi connectivity index (χ3v) is 4.65. The molecule has 0 unspecified atom stereocenters. The van der Waals surface area contributed by atoms with Gasteiger partial charge in [-0.05, 0) is 36.4 Å². The fourth-order valence-corrected chi connectivity index (χ4v) is 3.16. The number of carbonyl (C=O) groups excluding carboxylic acids is 2. The summed E-state index contributed by atoms with van der Waals surface area (Å²) in [5.41, 5.74) is 1.83. The van der Waals surface area contributed by atoms with Crippen molar-refractivity contribution in [3.8, 4) is 0 Å². The van der Waals surface area contributed by atoms with Crippen molar-refractivity contribution in [3.05, 3.63) is 81.5 Å². The van der Waals surface area contributed by atoms with Crippen molar-refractivity contribution < 1.29 is 14.3 Å². The van der Waals surface area contributed by atoms with Gasteiger partial charge in [-0.1, -0.05) is 41.9 Å². The average molecular weight is 372 g/mol. The second-order valence-corrected chi connectivity index (χ2v) is 6.85. The second-order valence-electron chi connectivity index (χ2n) is 5.14. The molecule has 0 bridgehead atoms. The number of carbonyl (C=O) groups is 2. The molecule has 0 radical (unpaired) electrons. The normalized spacial score (nSPS) is 10.3. The monoisotopic (exact) mass is 371 g/mol. The molecule has 0 fully saturated rings. The van der Waals surface area contributed by atoms with Gasteiger partial charge >= 0.3 is 5.97 Å². The maximum absolute atomic E-state index is 12.4. The zero-order valence-corrected chi connectivity index (χ0v) is 14.6. The fraction of sp³-hybridized carbons (Fsp3) is 0.0526. The average Bonchev–Trinajstić information content (AvgIpc) is 3.07. The number of benzene rings is 2. The molecule has 2 aromatic carbocycles. The fourth-order valence-electron chi connectivity index (χ4n) is 2.19. The summed E-state index contributed by atoms with van der Waals surface area (Å²) < 4.78 is 5.69. The standard InChI is InChI=1S/C19H14ClNO3S/c20-18-11-10-17(25-18)16(22)12-24-19(23)14-8-4-5-9-15(14)21-13-6-2-1-3-7-13/h1-11,21H,12H2. The lowest BCUT2D eigenvalue weighted by Crippen LogP contribution is -2.14. The van der Waals surface area contributed by atoms with Crippen LogP contribution in [0.15, 0.2) is 66.7 Å². The van der Waals surface area contributed by atoms with Crippen LogP contribution in [-0.4, -0.2) is 18.4 Å². The van der Waals surface area contributed by atoms with E-state index in [1.807, 2.05) is 36.4 Å². The second kappa shape index (κ2) is 7.96. The van der Waals surface area contributed by atoms with E-state index >= 15 is 0 Å². The van der Waals surface area contributed by atoms with Crippen LogP contribution in [0.1, 0.15) is 20.0 Å². The number of esters is 1. The zero-order valence-electron chi connectivity index (χ0n) is 13.1. The number of ketones is 1. The Kier molecular flexibility index (Phi) is 5.48. The van der Waals surface area contributed by atoms with Gasteiger partial charge in [-0.25, -0.2) is 4.79 Å². The van der Waals surface area contributed by atoms with E-state index in [0.29, 0.717) is 20.5 Å². The van der Waals surface area contributed by atoms with Gasteiger partial charge in [-0.15, -0.1) is 11.3 Å². The molecule has 4 nitrogen and oxygen atoms in total. The van der Waals surface area contributed by atoms with Crippen molar-refractivity contribution in [1.82, 2.24) is 0 Å². The lowest BCUT2D eigenvalue weighted by atomic mass is 10.1. The molecule has 1 heterocycles. The van der Waals surface area contributed by atoms with Gasteiger partial charge in [0.05, 0.1) is 20.5 Å². The molecular formula is C19H14ClNO3S. The minimum Gasteiger partial charge on any atom is -0.454 e. The summed E-state index contributed by atoms with van der Waals surface area (Å²) in [6, 6.07) is 19.8. The summed E-state index contributed by atoms with van der Waals surface area (Å²) in [5.74, 6) is -0.839. The molecule has 0 amide bonds. The van der Waals surface area contributed by atoms with Gasteiger partial charge in [0, 0.05) is 5.69 Å². The summed E-state index contributed by atoms with van der Waals surface area (Å²) in [5, 5.41) is 3.17. The Morgan fingerprint density at radius 3 is 2.40 bits per heavy atom. The Bertz CT molecular complexity index is 892. The Morgan fingerprint density at radius 1 is 0.960 bits per heavy atom. The predicted molar refractivity (Wildman–Crippen MR) is 100 cm³/mol. The molecule has 0 saturated carbocycles. The van der Waals surface area contributed by atoms with E-state index in [0.717, 1.165) is 17.0 Å².